The smallest absolute Gasteiger partial charge is 0.265 e. The van der Waals surface area contributed by atoms with E-state index in [2.05, 4.69) is 4.98 Å². The average Bonchev–Trinajstić information content (AvgIpc) is 3.00. The number of hydrogen-bond acceptors (Lipinski definition) is 5. The van der Waals surface area contributed by atoms with Crippen molar-refractivity contribution in [2.45, 2.75) is 25.8 Å². The molecule has 1 aliphatic carbocycles. The zero-order valence-electron chi connectivity index (χ0n) is 10.4. The van der Waals surface area contributed by atoms with Crippen molar-refractivity contribution in [1.82, 2.24) is 9.88 Å². The molecule has 1 saturated heterocycles. The van der Waals surface area contributed by atoms with Crippen LogP contribution in [-0.2, 0) is 0 Å². The van der Waals surface area contributed by atoms with Crippen LogP contribution in [0.1, 0.15) is 28.2 Å². The van der Waals surface area contributed by atoms with Crippen molar-refractivity contribution >= 4 is 22.4 Å². The topological polar surface area (TPSA) is 85.2 Å². The minimum Gasteiger partial charge on any atom is -0.375 e. The van der Waals surface area contributed by atoms with Gasteiger partial charge in [0, 0.05) is 19.1 Å². The first-order valence-corrected chi connectivity index (χ1v) is 7.15. The fourth-order valence-corrected chi connectivity index (χ4v) is 3.60. The number of carbonyl (C=O) groups excluding carboxylic acids is 1. The number of nitrogen functional groups attached to an aromatic ring is 1. The standard InChI is InChI=1S/C12H18N4OS/c1-6-10(18-12(14)15-6)11(17)16-4-8(7-2-3-7)9(13)5-16/h7-9H,2-5,13H2,1H3,(H2,14,15)/t8-,9+/m1/s1. The first kappa shape index (κ1) is 11.9. The highest BCUT2D eigenvalue weighted by molar-refractivity contribution is 7.17. The van der Waals surface area contributed by atoms with Gasteiger partial charge in [-0.05, 0) is 31.6 Å². The summed E-state index contributed by atoms with van der Waals surface area (Å²) in [5.74, 6) is 1.27. The molecule has 1 aliphatic heterocycles. The van der Waals surface area contributed by atoms with Gasteiger partial charge in [0.1, 0.15) is 4.88 Å². The lowest BCUT2D eigenvalue weighted by Gasteiger charge is -2.15. The second kappa shape index (κ2) is 4.20. The van der Waals surface area contributed by atoms with Gasteiger partial charge in [-0.15, -0.1) is 0 Å². The number of aromatic nitrogens is 1. The Morgan fingerprint density at radius 2 is 2.17 bits per heavy atom. The largest absolute Gasteiger partial charge is 0.375 e. The third-order valence-electron chi connectivity index (χ3n) is 3.93. The Kier molecular flexibility index (Phi) is 2.79. The molecule has 6 heteroatoms. The molecular formula is C12H18N4OS. The number of rotatable bonds is 2. The van der Waals surface area contributed by atoms with E-state index < -0.39 is 0 Å². The maximum Gasteiger partial charge on any atom is 0.265 e. The van der Waals surface area contributed by atoms with Gasteiger partial charge >= 0.3 is 0 Å². The summed E-state index contributed by atoms with van der Waals surface area (Å²) in [5.41, 5.74) is 12.5. The molecule has 2 aliphatic rings. The average molecular weight is 266 g/mol. The summed E-state index contributed by atoms with van der Waals surface area (Å²) >= 11 is 1.27. The van der Waals surface area contributed by atoms with Gasteiger partial charge in [0.25, 0.3) is 5.91 Å². The third-order valence-corrected chi connectivity index (χ3v) is 4.91. The molecule has 2 heterocycles. The first-order chi connectivity index (χ1) is 8.56. The van der Waals surface area contributed by atoms with E-state index in [9.17, 15) is 4.79 Å². The molecule has 0 aromatic carbocycles. The van der Waals surface area contributed by atoms with Gasteiger partial charge in [-0.25, -0.2) is 4.98 Å². The molecule has 5 nitrogen and oxygen atoms in total. The first-order valence-electron chi connectivity index (χ1n) is 6.34. The van der Waals surface area contributed by atoms with E-state index in [1.54, 1.807) is 0 Å². The van der Waals surface area contributed by atoms with Crippen LogP contribution in [0.3, 0.4) is 0 Å². The highest BCUT2D eigenvalue weighted by atomic mass is 32.1. The lowest BCUT2D eigenvalue weighted by Crippen LogP contribution is -2.32. The van der Waals surface area contributed by atoms with Gasteiger partial charge in [0.15, 0.2) is 5.13 Å². The molecule has 1 amide bonds. The van der Waals surface area contributed by atoms with Crippen molar-refractivity contribution in [2.75, 3.05) is 18.8 Å². The summed E-state index contributed by atoms with van der Waals surface area (Å²) in [4.78, 5) is 19.0. The molecule has 2 fully saturated rings. The molecular weight excluding hydrogens is 248 g/mol. The number of anilines is 1. The predicted molar refractivity (Wildman–Crippen MR) is 71.4 cm³/mol. The molecule has 0 spiro atoms. The summed E-state index contributed by atoms with van der Waals surface area (Å²) in [6, 6.07) is 0.132. The number of nitrogens with zero attached hydrogens (tertiary/aromatic N) is 2. The number of carbonyl (C=O) groups is 1. The molecule has 4 N–H and O–H groups in total. The summed E-state index contributed by atoms with van der Waals surface area (Å²) in [6.07, 6.45) is 2.54. The fraction of sp³-hybridized carbons (Fsp3) is 0.667. The van der Waals surface area contributed by atoms with E-state index in [4.69, 9.17) is 11.5 Å². The second-order valence-electron chi connectivity index (χ2n) is 5.34. The number of thiazole rings is 1. The normalized spacial score (nSPS) is 27.8. The third kappa shape index (κ3) is 1.99. The van der Waals surface area contributed by atoms with Crippen LogP contribution in [0, 0.1) is 18.8 Å². The van der Waals surface area contributed by atoms with Crippen LogP contribution in [0.15, 0.2) is 0 Å². The Labute approximate surface area is 110 Å². The summed E-state index contributed by atoms with van der Waals surface area (Å²) in [6.45, 7) is 3.29. The number of hydrogen-bond donors (Lipinski definition) is 2. The monoisotopic (exact) mass is 266 g/mol. The highest BCUT2D eigenvalue weighted by Crippen LogP contribution is 2.41. The molecule has 0 unspecified atom stereocenters. The molecule has 0 bridgehead atoms. The second-order valence-corrected chi connectivity index (χ2v) is 6.37. The molecule has 1 saturated carbocycles. The molecule has 98 valence electrons. The summed E-state index contributed by atoms with van der Waals surface area (Å²) in [7, 11) is 0. The van der Waals surface area contributed by atoms with Crippen molar-refractivity contribution in [3.8, 4) is 0 Å². The Morgan fingerprint density at radius 3 is 2.72 bits per heavy atom. The van der Waals surface area contributed by atoms with Crippen molar-refractivity contribution < 1.29 is 4.79 Å². The van der Waals surface area contributed by atoms with Crippen LogP contribution in [0.2, 0.25) is 0 Å². The van der Waals surface area contributed by atoms with Crippen LogP contribution < -0.4 is 11.5 Å². The molecule has 0 radical (unpaired) electrons. The van der Waals surface area contributed by atoms with Crippen molar-refractivity contribution in [3.63, 3.8) is 0 Å². The highest BCUT2D eigenvalue weighted by Gasteiger charge is 2.42. The van der Waals surface area contributed by atoms with Crippen molar-refractivity contribution in [1.29, 1.82) is 0 Å². The van der Waals surface area contributed by atoms with Gasteiger partial charge in [0.2, 0.25) is 0 Å². The van der Waals surface area contributed by atoms with E-state index in [1.165, 1.54) is 24.2 Å². The van der Waals surface area contributed by atoms with Crippen LogP contribution in [0.25, 0.3) is 0 Å². The van der Waals surface area contributed by atoms with Gasteiger partial charge in [-0.1, -0.05) is 11.3 Å². The SMILES string of the molecule is Cc1nc(N)sc1C(=O)N1C[C@H](C2CC2)[C@@H](N)C1. The van der Waals surface area contributed by atoms with E-state index in [1.807, 2.05) is 11.8 Å². The Bertz CT molecular complexity index is 482. The number of nitrogens with two attached hydrogens (primary N) is 2. The number of likely N-dealkylation sites (tertiary alicyclic amines) is 1. The minimum absolute atomic E-state index is 0.0419. The number of aryl methyl sites for hydroxylation is 1. The van der Waals surface area contributed by atoms with Gasteiger partial charge in [-0.2, -0.15) is 0 Å². The molecule has 3 rings (SSSR count). The summed E-state index contributed by atoms with van der Waals surface area (Å²) < 4.78 is 0. The van der Waals surface area contributed by atoms with Gasteiger partial charge in [0.05, 0.1) is 5.69 Å². The van der Waals surface area contributed by atoms with E-state index in [0.717, 1.165) is 18.2 Å². The van der Waals surface area contributed by atoms with Crippen molar-refractivity contribution in [3.05, 3.63) is 10.6 Å². The Balaban J connectivity index is 1.75. The summed E-state index contributed by atoms with van der Waals surface area (Å²) in [5, 5.41) is 0.457. The van der Waals surface area contributed by atoms with Crippen LogP contribution in [0.4, 0.5) is 5.13 Å². The fourth-order valence-electron chi connectivity index (χ4n) is 2.80. The molecule has 2 atom stereocenters. The van der Waals surface area contributed by atoms with Crippen LogP contribution in [0.5, 0.6) is 0 Å². The predicted octanol–water partition coefficient (Wildman–Crippen LogP) is 0.843. The zero-order chi connectivity index (χ0) is 12.9. The molecule has 1 aromatic rings. The van der Waals surface area contributed by atoms with E-state index in [0.29, 0.717) is 22.5 Å². The van der Waals surface area contributed by atoms with E-state index >= 15 is 0 Å². The van der Waals surface area contributed by atoms with Gasteiger partial charge in [-0.3, -0.25) is 4.79 Å². The molecule has 1 aromatic heterocycles. The number of amides is 1. The van der Waals surface area contributed by atoms with E-state index in [-0.39, 0.29) is 11.9 Å². The lowest BCUT2D eigenvalue weighted by molar-refractivity contribution is 0.0788. The lowest BCUT2D eigenvalue weighted by atomic mass is 9.99. The Morgan fingerprint density at radius 1 is 1.44 bits per heavy atom. The van der Waals surface area contributed by atoms with Crippen LogP contribution >= 0.6 is 11.3 Å². The zero-order valence-corrected chi connectivity index (χ0v) is 11.2. The van der Waals surface area contributed by atoms with Crippen molar-refractivity contribution in [2.24, 2.45) is 17.6 Å². The molecule has 18 heavy (non-hydrogen) atoms. The van der Waals surface area contributed by atoms with Crippen LogP contribution in [-0.4, -0.2) is 34.9 Å². The van der Waals surface area contributed by atoms with Gasteiger partial charge < -0.3 is 16.4 Å². The minimum atomic E-state index is 0.0419. The maximum atomic E-state index is 12.4. The Hall–Kier alpha value is -1.14. The quantitative estimate of drug-likeness (QED) is 0.830. The maximum absolute atomic E-state index is 12.4.